The molecule has 8 heteroatoms. The number of urea groups is 1. The first-order valence-corrected chi connectivity index (χ1v) is 8.19. The maximum atomic E-state index is 13.3. The van der Waals surface area contributed by atoms with E-state index in [2.05, 4.69) is 15.7 Å². The van der Waals surface area contributed by atoms with Crippen LogP contribution in [-0.2, 0) is 6.54 Å². The van der Waals surface area contributed by atoms with E-state index >= 15 is 0 Å². The molecule has 1 heterocycles. The van der Waals surface area contributed by atoms with Gasteiger partial charge in [0.05, 0.1) is 12.7 Å². The molecule has 1 aliphatic carbocycles. The second-order valence-electron chi connectivity index (χ2n) is 6.21. The van der Waals surface area contributed by atoms with E-state index in [1.807, 2.05) is 6.07 Å². The minimum atomic E-state index is -0.289. The maximum absolute atomic E-state index is 13.3. The molecule has 2 aromatic rings. The molecule has 0 bridgehead atoms. The average Bonchev–Trinajstić information content (AvgIpc) is 2.96. The lowest BCUT2D eigenvalue weighted by Crippen LogP contribution is -2.42. The molecule has 4 N–H and O–H groups in total. The minimum absolute atomic E-state index is 0. The minimum Gasteiger partial charge on any atom is -0.335 e. The summed E-state index contributed by atoms with van der Waals surface area (Å²) in [5.41, 5.74) is 6.66. The van der Waals surface area contributed by atoms with Crippen molar-refractivity contribution in [3.63, 3.8) is 0 Å². The predicted molar refractivity (Wildman–Crippen MR) is 97.4 cm³/mol. The van der Waals surface area contributed by atoms with Crippen molar-refractivity contribution in [3.8, 4) is 0 Å². The number of rotatable bonds is 4. The number of amides is 2. The van der Waals surface area contributed by atoms with Crippen LogP contribution in [0.1, 0.15) is 31.2 Å². The zero-order valence-electron chi connectivity index (χ0n) is 13.8. The molecule has 6 nitrogen and oxygen atoms in total. The van der Waals surface area contributed by atoms with Gasteiger partial charge in [-0.2, -0.15) is 5.10 Å². The number of aromatic nitrogens is 2. The summed E-state index contributed by atoms with van der Waals surface area (Å²) in [5.74, 6) is 0.284. The fourth-order valence-corrected chi connectivity index (χ4v) is 2.97. The summed E-state index contributed by atoms with van der Waals surface area (Å²) in [6.07, 6.45) is 5.27. The van der Waals surface area contributed by atoms with Crippen molar-refractivity contribution in [2.45, 2.75) is 44.3 Å². The number of hydrogen-bond donors (Lipinski definition) is 3. The third kappa shape index (κ3) is 5.44. The molecule has 0 aliphatic heterocycles. The van der Waals surface area contributed by atoms with Crippen molar-refractivity contribution in [2.24, 2.45) is 5.73 Å². The van der Waals surface area contributed by atoms with E-state index in [0.29, 0.717) is 12.4 Å². The SMILES string of the molecule is Cl.NC1CCC(NC(=O)Nc2ccnn2Cc2cccc(F)c2)CC1. The van der Waals surface area contributed by atoms with E-state index in [9.17, 15) is 9.18 Å². The lowest BCUT2D eigenvalue weighted by molar-refractivity contribution is 0.242. The Kier molecular flexibility index (Phi) is 6.78. The highest BCUT2D eigenvalue weighted by Gasteiger charge is 2.20. The van der Waals surface area contributed by atoms with Crippen LogP contribution in [0.15, 0.2) is 36.5 Å². The molecule has 1 aromatic heterocycles. The molecule has 0 unspecified atom stereocenters. The Morgan fingerprint density at radius 3 is 2.76 bits per heavy atom. The molecule has 2 amide bonds. The van der Waals surface area contributed by atoms with Crippen LogP contribution >= 0.6 is 12.4 Å². The Morgan fingerprint density at radius 2 is 2.04 bits per heavy atom. The van der Waals surface area contributed by atoms with Gasteiger partial charge in [0, 0.05) is 18.2 Å². The average molecular weight is 368 g/mol. The van der Waals surface area contributed by atoms with Crippen LogP contribution in [0.4, 0.5) is 15.0 Å². The zero-order valence-corrected chi connectivity index (χ0v) is 14.6. The van der Waals surface area contributed by atoms with Crippen LogP contribution in [0.3, 0.4) is 0 Å². The number of nitrogens with one attached hydrogen (secondary N) is 2. The molecule has 25 heavy (non-hydrogen) atoms. The lowest BCUT2D eigenvalue weighted by Gasteiger charge is -2.26. The number of hydrogen-bond acceptors (Lipinski definition) is 3. The second-order valence-corrected chi connectivity index (χ2v) is 6.21. The van der Waals surface area contributed by atoms with Crippen molar-refractivity contribution in [1.82, 2.24) is 15.1 Å². The molecule has 0 radical (unpaired) electrons. The summed E-state index contributed by atoms with van der Waals surface area (Å²) >= 11 is 0. The second kappa shape index (κ2) is 8.82. The van der Waals surface area contributed by atoms with Crippen LogP contribution in [0, 0.1) is 5.82 Å². The van der Waals surface area contributed by atoms with Crippen LogP contribution < -0.4 is 16.4 Å². The number of carbonyl (C=O) groups is 1. The molecule has 1 aromatic carbocycles. The summed E-state index contributed by atoms with van der Waals surface area (Å²) in [6, 6.07) is 8.20. The lowest BCUT2D eigenvalue weighted by atomic mass is 9.92. The Balaban J connectivity index is 0.00000225. The normalized spacial score (nSPS) is 19.8. The Labute approximate surface area is 152 Å². The smallest absolute Gasteiger partial charge is 0.320 e. The molecule has 3 rings (SSSR count). The van der Waals surface area contributed by atoms with Gasteiger partial charge in [-0.05, 0) is 43.4 Å². The van der Waals surface area contributed by atoms with Gasteiger partial charge in [-0.25, -0.2) is 13.9 Å². The summed E-state index contributed by atoms with van der Waals surface area (Å²) in [6.45, 7) is 0.388. The molecule has 136 valence electrons. The van der Waals surface area contributed by atoms with E-state index in [4.69, 9.17) is 5.73 Å². The fraction of sp³-hybridized carbons (Fsp3) is 0.412. The van der Waals surface area contributed by atoms with Crippen molar-refractivity contribution in [1.29, 1.82) is 0 Å². The number of nitrogens with two attached hydrogens (primary N) is 1. The van der Waals surface area contributed by atoms with Crippen molar-refractivity contribution in [2.75, 3.05) is 5.32 Å². The Bertz CT molecular complexity index is 700. The van der Waals surface area contributed by atoms with Crippen LogP contribution in [-0.4, -0.2) is 27.9 Å². The topological polar surface area (TPSA) is 85.0 Å². The zero-order chi connectivity index (χ0) is 16.9. The molecule has 1 saturated carbocycles. The summed E-state index contributed by atoms with van der Waals surface area (Å²) in [5, 5.41) is 9.97. The van der Waals surface area contributed by atoms with E-state index in [-0.39, 0.29) is 36.3 Å². The largest absolute Gasteiger partial charge is 0.335 e. The van der Waals surface area contributed by atoms with E-state index in [0.717, 1.165) is 31.2 Å². The summed E-state index contributed by atoms with van der Waals surface area (Å²) < 4.78 is 14.9. The van der Waals surface area contributed by atoms with Gasteiger partial charge < -0.3 is 11.1 Å². The Morgan fingerprint density at radius 1 is 1.28 bits per heavy atom. The van der Waals surface area contributed by atoms with Crippen LogP contribution in [0.25, 0.3) is 0 Å². The molecule has 1 fully saturated rings. The van der Waals surface area contributed by atoms with E-state index in [1.54, 1.807) is 23.0 Å². The number of halogens is 2. The first-order chi connectivity index (χ1) is 11.6. The predicted octanol–water partition coefficient (Wildman–Crippen LogP) is 2.88. The Hall–Kier alpha value is -2.12. The van der Waals surface area contributed by atoms with Gasteiger partial charge in [0.1, 0.15) is 11.6 Å². The third-order valence-electron chi connectivity index (χ3n) is 4.29. The molecule has 0 atom stereocenters. The van der Waals surface area contributed by atoms with Gasteiger partial charge in [0.25, 0.3) is 0 Å². The molecule has 1 aliphatic rings. The molecule has 0 spiro atoms. The number of carbonyl (C=O) groups excluding carboxylic acids is 1. The van der Waals surface area contributed by atoms with Gasteiger partial charge in [0.15, 0.2) is 0 Å². The van der Waals surface area contributed by atoms with E-state index < -0.39 is 0 Å². The van der Waals surface area contributed by atoms with Crippen molar-refractivity contribution >= 4 is 24.3 Å². The van der Waals surface area contributed by atoms with Crippen molar-refractivity contribution in [3.05, 3.63) is 47.9 Å². The summed E-state index contributed by atoms with van der Waals surface area (Å²) in [4.78, 5) is 12.2. The van der Waals surface area contributed by atoms with Gasteiger partial charge in [0.2, 0.25) is 0 Å². The highest BCUT2D eigenvalue weighted by Crippen LogP contribution is 2.17. The molecular weight excluding hydrogens is 345 g/mol. The number of anilines is 1. The van der Waals surface area contributed by atoms with Crippen LogP contribution in [0.2, 0.25) is 0 Å². The van der Waals surface area contributed by atoms with Gasteiger partial charge in [-0.1, -0.05) is 12.1 Å². The van der Waals surface area contributed by atoms with Gasteiger partial charge in [-0.15, -0.1) is 12.4 Å². The molecule has 0 saturated heterocycles. The number of benzene rings is 1. The molecular formula is C17H23ClFN5O. The third-order valence-corrected chi connectivity index (χ3v) is 4.29. The summed E-state index contributed by atoms with van der Waals surface area (Å²) in [7, 11) is 0. The maximum Gasteiger partial charge on any atom is 0.320 e. The van der Waals surface area contributed by atoms with Gasteiger partial charge in [-0.3, -0.25) is 5.32 Å². The van der Waals surface area contributed by atoms with Gasteiger partial charge >= 0.3 is 6.03 Å². The van der Waals surface area contributed by atoms with Crippen molar-refractivity contribution < 1.29 is 9.18 Å². The standard InChI is InChI=1S/C17H22FN5O.ClH/c18-13-3-1-2-12(10-13)11-23-16(8-9-20-23)22-17(24)21-15-6-4-14(19)5-7-15;/h1-3,8-10,14-15H,4-7,11,19H2,(H2,21,22,24);1H. The first kappa shape index (κ1) is 19.2. The van der Waals surface area contributed by atoms with E-state index in [1.165, 1.54) is 12.1 Å². The monoisotopic (exact) mass is 367 g/mol. The highest BCUT2D eigenvalue weighted by atomic mass is 35.5. The fourth-order valence-electron chi connectivity index (χ4n) is 2.97. The number of nitrogens with zero attached hydrogens (tertiary/aromatic N) is 2. The highest BCUT2D eigenvalue weighted by molar-refractivity contribution is 5.88. The first-order valence-electron chi connectivity index (χ1n) is 8.19. The van der Waals surface area contributed by atoms with Crippen LogP contribution in [0.5, 0.6) is 0 Å². The quantitative estimate of drug-likeness (QED) is 0.776.